The van der Waals surface area contributed by atoms with Gasteiger partial charge in [0, 0.05) is 25.7 Å². The Labute approximate surface area is 140 Å². The molecule has 0 nitrogen and oxygen atoms in total. The van der Waals surface area contributed by atoms with Gasteiger partial charge in [0.2, 0.25) is 0 Å². The Morgan fingerprint density at radius 3 is 1.14 bits per heavy atom. The molecule has 0 aromatic carbocycles. The van der Waals surface area contributed by atoms with E-state index in [1.54, 1.807) is 17.4 Å². The van der Waals surface area contributed by atoms with Crippen molar-refractivity contribution >= 4 is 25.7 Å². The average molecular weight is 345 g/mol. The Morgan fingerprint density at radius 1 is 0.667 bits per heavy atom. The van der Waals surface area contributed by atoms with Crippen molar-refractivity contribution in [3.8, 4) is 0 Å². The lowest BCUT2D eigenvalue weighted by Gasteiger charge is -2.39. The normalized spacial score (nSPS) is 13.7. The van der Waals surface area contributed by atoms with Gasteiger partial charge in [-0.15, -0.1) is 0 Å². The van der Waals surface area contributed by atoms with E-state index in [1.807, 2.05) is 0 Å². The molecule has 0 heterocycles. The topological polar surface area (TPSA) is 0 Å². The fraction of sp³-hybridized carbons (Fsp3) is 1.00. The van der Waals surface area contributed by atoms with Crippen molar-refractivity contribution in [2.45, 2.75) is 115 Å². The zero-order valence-corrected chi connectivity index (χ0v) is 20.1. The average Bonchev–Trinajstić information content (AvgIpc) is 2.32. The molecule has 0 unspecified atom stereocenters. The molecule has 0 atom stereocenters. The lowest BCUT2D eigenvalue weighted by molar-refractivity contribution is 0.920. The van der Waals surface area contributed by atoms with Gasteiger partial charge < -0.3 is 0 Å². The maximum atomic E-state index is 2.78. The second kappa shape index (κ2) is 9.71. The molecule has 0 aromatic rings. The maximum absolute atomic E-state index is 2.78. The minimum absolute atomic E-state index is 0.575. The molecule has 3 heteroatoms. The van der Waals surface area contributed by atoms with Crippen molar-refractivity contribution in [2.75, 3.05) is 0 Å². The summed E-state index contributed by atoms with van der Waals surface area (Å²) in [5.74, 6) is 0. The van der Waals surface area contributed by atoms with Crippen LogP contribution in [0.2, 0.25) is 46.1 Å². The van der Waals surface area contributed by atoms with Crippen molar-refractivity contribution in [3.05, 3.63) is 0 Å². The lowest BCUT2D eigenvalue weighted by atomic mass is 10.5. The third kappa shape index (κ3) is 7.65. The van der Waals surface area contributed by atoms with Gasteiger partial charge in [-0.05, 0) is 0 Å². The predicted molar refractivity (Wildman–Crippen MR) is 111 cm³/mol. The maximum Gasteiger partial charge on any atom is 0.0447 e. The van der Waals surface area contributed by atoms with Gasteiger partial charge >= 0.3 is 0 Å². The second-order valence-electron chi connectivity index (χ2n) is 9.27. The summed E-state index contributed by atoms with van der Waals surface area (Å²) in [7, 11) is -2.15. The molecule has 0 aliphatic rings. The fourth-order valence-electron chi connectivity index (χ4n) is 4.51. The van der Waals surface area contributed by atoms with Crippen LogP contribution < -0.4 is 0 Å². The van der Waals surface area contributed by atoms with Gasteiger partial charge in [0.05, 0.1) is 0 Å². The molecule has 21 heavy (non-hydrogen) atoms. The van der Waals surface area contributed by atoms with Crippen LogP contribution in [0.15, 0.2) is 0 Å². The van der Waals surface area contributed by atoms with E-state index in [2.05, 4.69) is 68.9 Å². The molecule has 0 aliphatic carbocycles. The van der Waals surface area contributed by atoms with Crippen molar-refractivity contribution in [1.82, 2.24) is 0 Å². The first-order valence-electron chi connectivity index (χ1n) is 9.54. The minimum Gasteiger partial charge on any atom is -0.0696 e. The van der Waals surface area contributed by atoms with E-state index in [-0.39, 0.29) is 0 Å². The monoisotopic (exact) mass is 344 g/mol. The zero-order chi connectivity index (χ0) is 16.8. The molecule has 0 saturated heterocycles. The summed E-state index contributed by atoms with van der Waals surface area (Å²) in [4.78, 5) is 0. The Bertz CT molecular complexity index is 234. The van der Waals surface area contributed by atoms with Gasteiger partial charge in [-0.3, -0.25) is 0 Å². The molecule has 128 valence electrons. The number of hydrogen-bond acceptors (Lipinski definition) is 0. The highest BCUT2D eigenvalue weighted by atomic mass is 28.4. The highest BCUT2D eigenvalue weighted by Crippen LogP contribution is 2.36. The van der Waals surface area contributed by atoms with E-state index in [4.69, 9.17) is 0 Å². The Balaban J connectivity index is 5.13. The molecule has 0 spiro atoms. The number of hydrogen-bond donors (Lipinski definition) is 0. The van der Waals surface area contributed by atoms with Gasteiger partial charge in [0.25, 0.3) is 0 Å². The number of rotatable bonds is 10. The summed E-state index contributed by atoms with van der Waals surface area (Å²) in [6.45, 7) is 25.3. The molecule has 0 aromatic heterocycles. The van der Waals surface area contributed by atoms with Crippen LogP contribution in [0, 0.1) is 0 Å². The predicted octanol–water partition coefficient (Wildman–Crippen LogP) is 6.65. The third-order valence-electron chi connectivity index (χ3n) is 5.74. The second-order valence-corrected chi connectivity index (χ2v) is 24.6. The smallest absolute Gasteiger partial charge is 0.0447 e. The Kier molecular flexibility index (Phi) is 10.0. The van der Waals surface area contributed by atoms with Crippen LogP contribution in [0.4, 0.5) is 0 Å². The molecule has 0 aliphatic heterocycles. The summed E-state index contributed by atoms with van der Waals surface area (Å²) >= 11 is 0. The first-order valence-corrected chi connectivity index (χ1v) is 17.0. The standard InChI is InChI=1S/C18H44Si3/c1-11-12-21(10,13-19(15(2)3)16(4)5)14-20(17(6)7)18(8)9/h15-20H,11-14H2,1-10H3. The quantitative estimate of drug-likeness (QED) is 0.389. The molecule has 0 saturated carbocycles. The van der Waals surface area contributed by atoms with Crippen LogP contribution >= 0.6 is 0 Å². The molecule has 0 bridgehead atoms. The van der Waals surface area contributed by atoms with Gasteiger partial charge in [-0.1, -0.05) is 115 Å². The molecule has 0 radical (unpaired) electrons. The molecule has 0 fully saturated rings. The fourth-order valence-corrected chi connectivity index (χ4v) is 29.2. The largest absolute Gasteiger partial charge is 0.0696 e. The zero-order valence-electron chi connectivity index (χ0n) is 16.8. The van der Waals surface area contributed by atoms with Gasteiger partial charge in [-0.2, -0.15) is 0 Å². The highest BCUT2D eigenvalue weighted by molar-refractivity contribution is 6.96. The van der Waals surface area contributed by atoms with Crippen LogP contribution in [0.1, 0.15) is 68.7 Å². The van der Waals surface area contributed by atoms with E-state index in [0.717, 1.165) is 22.2 Å². The summed E-state index contributed by atoms with van der Waals surface area (Å²) in [5.41, 5.74) is 7.41. The van der Waals surface area contributed by atoms with Crippen molar-refractivity contribution in [2.24, 2.45) is 0 Å². The molecule has 0 N–H and O–H groups in total. The van der Waals surface area contributed by atoms with Crippen LogP contribution in [-0.2, 0) is 0 Å². The minimum atomic E-state index is -1.00. The van der Waals surface area contributed by atoms with Gasteiger partial charge in [-0.25, -0.2) is 0 Å². The molecular formula is C18H44Si3. The van der Waals surface area contributed by atoms with Crippen LogP contribution in [0.5, 0.6) is 0 Å². The van der Waals surface area contributed by atoms with E-state index in [9.17, 15) is 0 Å². The first kappa shape index (κ1) is 21.7. The van der Waals surface area contributed by atoms with E-state index in [1.165, 1.54) is 6.42 Å². The SMILES string of the molecule is CCC[Si](C)(C[SiH](C(C)C)C(C)C)C[SiH](C(C)C)C(C)C. The van der Waals surface area contributed by atoms with E-state index < -0.39 is 25.7 Å². The highest BCUT2D eigenvalue weighted by Gasteiger charge is 2.36. The summed E-state index contributed by atoms with van der Waals surface area (Å²) in [6.07, 6.45) is 1.43. The summed E-state index contributed by atoms with van der Waals surface area (Å²) in [6, 6.07) is 1.60. The van der Waals surface area contributed by atoms with Crippen molar-refractivity contribution < 1.29 is 0 Å². The molecular weight excluding hydrogens is 300 g/mol. The third-order valence-corrected chi connectivity index (χ3v) is 25.9. The van der Waals surface area contributed by atoms with E-state index in [0.29, 0.717) is 0 Å². The van der Waals surface area contributed by atoms with Crippen molar-refractivity contribution in [3.63, 3.8) is 0 Å². The van der Waals surface area contributed by atoms with Crippen molar-refractivity contribution in [1.29, 1.82) is 0 Å². The van der Waals surface area contributed by atoms with Gasteiger partial charge in [0.15, 0.2) is 0 Å². The Morgan fingerprint density at radius 2 is 0.952 bits per heavy atom. The lowest BCUT2D eigenvalue weighted by Crippen LogP contribution is -2.43. The van der Waals surface area contributed by atoms with Gasteiger partial charge in [0.1, 0.15) is 0 Å². The van der Waals surface area contributed by atoms with Crippen LogP contribution in [-0.4, -0.2) is 25.7 Å². The Hall–Kier alpha value is 0.651. The summed E-state index contributed by atoms with van der Waals surface area (Å²) < 4.78 is 0. The summed E-state index contributed by atoms with van der Waals surface area (Å²) in [5, 5.41) is 0. The van der Waals surface area contributed by atoms with Crippen LogP contribution in [0.25, 0.3) is 0 Å². The molecule has 0 rings (SSSR count). The van der Waals surface area contributed by atoms with E-state index >= 15 is 0 Å². The first-order chi connectivity index (χ1) is 9.54. The van der Waals surface area contributed by atoms with Crippen LogP contribution in [0.3, 0.4) is 0 Å². The molecule has 0 amide bonds.